The van der Waals surface area contributed by atoms with Gasteiger partial charge in [0.1, 0.15) is 17.6 Å². The van der Waals surface area contributed by atoms with Crippen molar-refractivity contribution in [2.24, 2.45) is 0 Å². The molecule has 0 saturated carbocycles. The molecular formula is C12H17N3O. The van der Waals surface area contributed by atoms with E-state index in [4.69, 9.17) is 10.00 Å². The van der Waals surface area contributed by atoms with E-state index in [9.17, 15) is 0 Å². The van der Waals surface area contributed by atoms with E-state index in [1.54, 1.807) is 7.11 Å². The van der Waals surface area contributed by atoms with E-state index in [0.29, 0.717) is 5.69 Å². The van der Waals surface area contributed by atoms with Crippen LogP contribution in [-0.4, -0.2) is 32.3 Å². The monoisotopic (exact) mass is 219 g/mol. The highest BCUT2D eigenvalue weighted by molar-refractivity contribution is 5.44. The zero-order valence-corrected chi connectivity index (χ0v) is 10.0. The normalized spacial score (nSPS) is 9.88. The molecule has 0 spiro atoms. The van der Waals surface area contributed by atoms with E-state index in [1.165, 1.54) is 0 Å². The second kappa shape index (κ2) is 6.09. The van der Waals surface area contributed by atoms with Gasteiger partial charge in [0, 0.05) is 27.3 Å². The molecule has 0 amide bonds. The molecule has 0 aliphatic heterocycles. The third-order valence-corrected chi connectivity index (χ3v) is 2.42. The predicted octanol–water partition coefficient (Wildman–Crippen LogP) is 1.73. The van der Waals surface area contributed by atoms with Gasteiger partial charge in [-0.05, 0) is 25.0 Å². The first-order valence-electron chi connectivity index (χ1n) is 5.27. The second-order valence-corrected chi connectivity index (χ2v) is 3.71. The van der Waals surface area contributed by atoms with Crippen molar-refractivity contribution in [3.63, 3.8) is 0 Å². The number of nitrogens with zero attached hydrogens (tertiary/aromatic N) is 3. The van der Waals surface area contributed by atoms with E-state index in [0.717, 1.165) is 31.0 Å². The molecule has 0 radical (unpaired) electrons. The highest BCUT2D eigenvalue weighted by atomic mass is 16.5. The van der Waals surface area contributed by atoms with Gasteiger partial charge >= 0.3 is 0 Å². The van der Waals surface area contributed by atoms with Crippen LogP contribution in [0.5, 0.6) is 0 Å². The number of anilines is 1. The van der Waals surface area contributed by atoms with Crippen LogP contribution in [-0.2, 0) is 4.74 Å². The first-order chi connectivity index (χ1) is 7.69. The number of aromatic nitrogens is 1. The summed E-state index contributed by atoms with van der Waals surface area (Å²) in [5.74, 6) is 0.832. The molecule has 0 aliphatic rings. The molecule has 0 bridgehead atoms. The Bertz CT molecular complexity index is 384. The SMILES string of the molecule is COCCCN(C)c1ccc(C)c(C#N)n1. The summed E-state index contributed by atoms with van der Waals surface area (Å²) < 4.78 is 4.99. The Hall–Kier alpha value is -1.60. The third-order valence-electron chi connectivity index (χ3n) is 2.42. The maximum absolute atomic E-state index is 8.89. The number of pyridine rings is 1. The number of hydrogen-bond acceptors (Lipinski definition) is 4. The Morgan fingerprint density at radius 1 is 1.50 bits per heavy atom. The van der Waals surface area contributed by atoms with Crippen LogP contribution in [0.4, 0.5) is 5.82 Å². The van der Waals surface area contributed by atoms with Crippen LogP contribution in [0.1, 0.15) is 17.7 Å². The molecule has 0 N–H and O–H groups in total. The molecule has 0 saturated heterocycles. The van der Waals surface area contributed by atoms with Gasteiger partial charge in [-0.1, -0.05) is 6.07 Å². The molecular weight excluding hydrogens is 202 g/mol. The van der Waals surface area contributed by atoms with Crippen molar-refractivity contribution in [2.75, 3.05) is 32.2 Å². The van der Waals surface area contributed by atoms with E-state index in [2.05, 4.69) is 11.1 Å². The van der Waals surface area contributed by atoms with Crippen LogP contribution in [0, 0.1) is 18.3 Å². The number of ether oxygens (including phenoxy) is 1. The summed E-state index contributed by atoms with van der Waals surface area (Å²) in [5.41, 5.74) is 1.41. The summed E-state index contributed by atoms with van der Waals surface area (Å²) in [6, 6.07) is 5.95. The molecule has 16 heavy (non-hydrogen) atoms. The topological polar surface area (TPSA) is 49.1 Å². The summed E-state index contributed by atoms with van der Waals surface area (Å²) in [4.78, 5) is 6.32. The lowest BCUT2D eigenvalue weighted by molar-refractivity contribution is 0.196. The van der Waals surface area contributed by atoms with E-state index in [1.807, 2.05) is 31.0 Å². The Balaban J connectivity index is 2.69. The molecule has 1 aromatic heterocycles. The smallest absolute Gasteiger partial charge is 0.145 e. The minimum Gasteiger partial charge on any atom is -0.385 e. The molecule has 0 fully saturated rings. The summed E-state index contributed by atoms with van der Waals surface area (Å²) in [7, 11) is 3.66. The van der Waals surface area contributed by atoms with E-state index in [-0.39, 0.29) is 0 Å². The zero-order chi connectivity index (χ0) is 12.0. The Labute approximate surface area is 96.5 Å². The van der Waals surface area contributed by atoms with Crippen LogP contribution < -0.4 is 4.90 Å². The predicted molar refractivity (Wildman–Crippen MR) is 63.5 cm³/mol. The van der Waals surface area contributed by atoms with Crippen molar-refractivity contribution in [2.45, 2.75) is 13.3 Å². The average molecular weight is 219 g/mol. The summed E-state index contributed by atoms with van der Waals surface area (Å²) in [6.45, 7) is 3.50. The van der Waals surface area contributed by atoms with Crippen LogP contribution >= 0.6 is 0 Å². The highest BCUT2D eigenvalue weighted by Gasteiger charge is 2.05. The first-order valence-corrected chi connectivity index (χ1v) is 5.27. The largest absolute Gasteiger partial charge is 0.385 e. The molecule has 0 aliphatic carbocycles. The van der Waals surface area contributed by atoms with Gasteiger partial charge in [0.05, 0.1) is 0 Å². The number of nitriles is 1. The number of rotatable bonds is 5. The van der Waals surface area contributed by atoms with Crippen molar-refractivity contribution in [3.8, 4) is 6.07 Å². The minimum atomic E-state index is 0.496. The fraction of sp³-hybridized carbons (Fsp3) is 0.500. The number of aryl methyl sites for hydroxylation is 1. The molecule has 86 valence electrons. The number of methoxy groups -OCH3 is 1. The lowest BCUT2D eigenvalue weighted by Crippen LogP contribution is -2.21. The fourth-order valence-electron chi connectivity index (χ4n) is 1.40. The van der Waals surface area contributed by atoms with Crippen molar-refractivity contribution in [1.29, 1.82) is 5.26 Å². The average Bonchev–Trinajstić information content (AvgIpc) is 2.30. The maximum atomic E-state index is 8.89. The van der Waals surface area contributed by atoms with Crippen LogP contribution in [0.15, 0.2) is 12.1 Å². The van der Waals surface area contributed by atoms with Crippen molar-refractivity contribution in [1.82, 2.24) is 4.98 Å². The van der Waals surface area contributed by atoms with Crippen LogP contribution in [0.2, 0.25) is 0 Å². The lowest BCUT2D eigenvalue weighted by Gasteiger charge is -2.18. The number of hydrogen-bond donors (Lipinski definition) is 0. The third kappa shape index (κ3) is 3.21. The van der Waals surface area contributed by atoms with Crippen molar-refractivity contribution < 1.29 is 4.74 Å². The molecule has 4 heteroatoms. The Kier molecular flexibility index (Phi) is 4.74. The standard InChI is InChI=1S/C12H17N3O/c1-10-5-6-12(14-11(10)9-13)15(2)7-4-8-16-3/h5-6H,4,7-8H2,1-3H3. The Morgan fingerprint density at radius 3 is 2.88 bits per heavy atom. The van der Waals surface area contributed by atoms with E-state index >= 15 is 0 Å². The summed E-state index contributed by atoms with van der Waals surface area (Å²) in [6.07, 6.45) is 0.949. The minimum absolute atomic E-state index is 0.496. The fourth-order valence-corrected chi connectivity index (χ4v) is 1.40. The van der Waals surface area contributed by atoms with Crippen molar-refractivity contribution >= 4 is 5.82 Å². The van der Waals surface area contributed by atoms with Gasteiger partial charge in [0.2, 0.25) is 0 Å². The molecule has 0 atom stereocenters. The van der Waals surface area contributed by atoms with Crippen LogP contribution in [0.3, 0.4) is 0 Å². The molecule has 0 aromatic carbocycles. The zero-order valence-electron chi connectivity index (χ0n) is 10.0. The highest BCUT2D eigenvalue weighted by Crippen LogP contribution is 2.13. The summed E-state index contributed by atoms with van der Waals surface area (Å²) >= 11 is 0. The molecule has 1 heterocycles. The summed E-state index contributed by atoms with van der Waals surface area (Å²) in [5, 5.41) is 8.89. The quantitative estimate of drug-likeness (QED) is 0.708. The van der Waals surface area contributed by atoms with Crippen LogP contribution in [0.25, 0.3) is 0 Å². The second-order valence-electron chi connectivity index (χ2n) is 3.71. The lowest BCUT2D eigenvalue weighted by atomic mass is 10.2. The van der Waals surface area contributed by atoms with Gasteiger partial charge in [0.25, 0.3) is 0 Å². The molecule has 1 rings (SSSR count). The molecule has 4 nitrogen and oxygen atoms in total. The van der Waals surface area contributed by atoms with E-state index < -0.39 is 0 Å². The van der Waals surface area contributed by atoms with Gasteiger partial charge < -0.3 is 9.64 Å². The molecule has 0 unspecified atom stereocenters. The van der Waals surface area contributed by atoms with Gasteiger partial charge in [-0.15, -0.1) is 0 Å². The maximum Gasteiger partial charge on any atom is 0.145 e. The van der Waals surface area contributed by atoms with Crippen molar-refractivity contribution in [3.05, 3.63) is 23.4 Å². The molecule has 1 aromatic rings. The van der Waals surface area contributed by atoms with Gasteiger partial charge in [-0.3, -0.25) is 0 Å². The van der Waals surface area contributed by atoms with Gasteiger partial charge in [-0.25, -0.2) is 4.98 Å². The van der Waals surface area contributed by atoms with Gasteiger partial charge in [0.15, 0.2) is 0 Å². The Morgan fingerprint density at radius 2 is 2.25 bits per heavy atom. The van der Waals surface area contributed by atoms with Gasteiger partial charge in [-0.2, -0.15) is 5.26 Å². The first kappa shape index (κ1) is 12.5.